The Morgan fingerprint density at radius 3 is 2.06 bits per heavy atom. The molecule has 0 atom stereocenters. The van der Waals surface area contributed by atoms with E-state index in [-0.39, 0.29) is 11.6 Å². The van der Waals surface area contributed by atoms with E-state index in [9.17, 15) is 9.59 Å². The number of halogens is 1. The van der Waals surface area contributed by atoms with Gasteiger partial charge in [0.15, 0.2) is 28.7 Å². The predicted molar refractivity (Wildman–Crippen MR) is 124 cm³/mol. The number of methoxy groups -OCH3 is 4. The van der Waals surface area contributed by atoms with Gasteiger partial charge in [-0.2, -0.15) is 0 Å². The highest BCUT2D eigenvalue weighted by atomic mass is 127. The van der Waals surface area contributed by atoms with Crippen molar-refractivity contribution >= 4 is 46.5 Å². The summed E-state index contributed by atoms with van der Waals surface area (Å²) in [6, 6.07) is 6.63. The van der Waals surface area contributed by atoms with E-state index in [2.05, 4.69) is 4.99 Å². The van der Waals surface area contributed by atoms with Gasteiger partial charge in [-0.05, 0) is 58.5 Å². The van der Waals surface area contributed by atoms with Crippen LogP contribution in [0.5, 0.6) is 28.7 Å². The van der Waals surface area contributed by atoms with Crippen molar-refractivity contribution in [2.24, 2.45) is 4.99 Å². The SMILES string of the molecule is COc1cc(C=C2N=C(c3cc(OC)c(OC)c(OC)c3)OC2=O)cc(I)c1OC(C)=O. The molecule has 2 aromatic carbocycles. The van der Waals surface area contributed by atoms with Gasteiger partial charge in [0, 0.05) is 12.5 Å². The van der Waals surface area contributed by atoms with Crippen molar-refractivity contribution in [1.82, 2.24) is 0 Å². The molecule has 1 heterocycles. The molecule has 9 nitrogen and oxygen atoms in total. The fourth-order valence-corrected chi connectivity index (χ4v) is 3.70. The molecule has 0 saturated heterocycles. The second-order valence-electron chi connectivity index (χ2n) is 6.38. The third-order valence-corrected chi connectivity index (χ3v) is 5.13. The van der Waals surface area contributed by atoms with Crippen LogP contribution in [-0.2, 0) is 14.3 Å². The lowest BCUT2D eigenvalue weighted by Crippen LogP contribution is -2.07. The van der Waals surface area contributed by atoms with Crippen molar-refractivity contribution in [2.45, 2.75) is 6.92 Å². The summed E-state index contributed by atoms with van der Waals surface area (Å²) in [5, 5.41) is 0. The van der Waals surface area contributed by atoms with E-state index >= 15 is 0 Å². The van der Waals surface area contributed by atoms with E-state index < -0.39 is 11.9 Å². The molecule has 0 radical (unpaired) electrons. The van der Waals surface area contributed by atoms with Gasteiger partial charge in [-0.15, -0.1) is 0 Å². The van der Waals surface area contributed by atoms with E-state index in [0.29, 0.717) is 43.4 Å². The summed E-state index contributed by atoms with van der Waals surface area (Å²) in [5.41, 5.74) is 1.18. The number of carbonyl (C=O) groups is 2. The van der Waals surface area contributed by atoms with Crippen LogP contribution >= 0.6 is 22.6 Å². The Balaban J connectivity index is 2.01. The van der Waals surface area contributed by atoms with Gasteiger partial charge in [-0.3, -0.25) is 4.79 Å². The number of ether oxygens (including phenoxy) is 6. The van der Waals surface area contributed by atoms with Gasteiger partial charge in [-0.1, -0.05) is 0 Å². The summed E-state index contributed by atoms with van der Waals surface area (Å²) in [6.07, 6.45) is 1.55. The molecule has 2 aromatic rings. The largest absolute Gasteiger partial charge is 0.493 e. The van der Waals surface area contributed by atoms with E-state index in [0.717, 1.165) is 0 Å². The molecule has 0 aromatic heterocycles. The number of benzene rings is 2. The van der Waals surface area contributed by atoms with Crippen LogP contribution in [-0.4, -0.2) is 46.3 Å². The monoisotopic (exact) mass is 553 g/mol. The Morgan fingerprint density at radius 1 is 0.938 bits per heavy atom. The van der Waals surface area contributed by atoms with E-state index in [4.69, 9.17) is 28.4 Å². The standard InChI is InChI=1S/C22H20INO8/c1-11(25)31-19-14(23)6-12(8-16(19)27-2)7-15-22(26)32-21(24-15)13-9-17(28-3)20(30-5)18(10-13)29-4/h6-10H,1-5H3. The van der Waals surface area contributed by atoms with Crippen LogP contribution in [0.25, 0.3) is 6.08 Å². The van der Waals surface area contributed by atoms with Crippen molar-refractivity contribution < 1.29 is 38.0 Å². The molecule has 1 aliphatic heterocycles. The number of carbonyl (C=O) groups excluding carboxylic acids is 2. The molecule has 0 bridgehead atoms. The van der Waals surface area contributed by atoms with Gasteiger partial charge in [0.1, 0.15) is 0 Å². The summed E-state index contributed by atoms with van der Waals surface area (Å²) in [5.74, 6) is 0.875. The normalized spacial score (nSPS) is 14.0. The van der Waals surface area contributed by atoms with Crippen LogP contribution in [0, 0.1) is 3.57 Å². The van der Waals surface area contributed by atoms with Crippen LogP contribution < -0.4 is 23.7 Å². The summed E-state index contributed by atoms with van der Waals surface area (Å²) < 4.78 is 32.5. The maximum atomic E-state index is 12.5. The van der Waals surface area contributed by atoms with Crippen molar-refractivity contribution in [3.8, 4) is 28.7 Å². The van der Waals surface area contributed by atoms with E-state index in [1.54, 1.807) is 30.3 Å². The van der Waals surface area contributed by atoms with Crippen LogP contribution in [0.4, 0.5) is 0 Å². The van der Waals surface area contributed by atoms with Crippen LogP contribution in [0.1, 0.15) is 18.1 Å². The van der Waals surface area contributed by atoms with Crippen molar-refractivity contribution in [3.63, 3.8) is 0 Å². The zero-order chi connectivity index (χ0) is 23.4. The molecule has 1 aliphatic rings. The van der Waals surface area contributed by atoms with Gasteiger partial charge in [0.25, 0.3) is 0 Å². The number of aliphatic imine (C=N–C) groups is 1. The second kappa shape index (κ2) is 9.90. The first-order valence-electron chi connectivity index (χ1n) is 9.20. The topological polar surface area (TPSA) is 102 Å². The Kier molecular flexibility index (Phi) is 7.23. The molecule has 0 fully saturated rings. The van der Waals surface area contributed by atoms with Crippen molar-refractivity contribution in [1.29, 1.82) is 0 Å². The van der Waals surface area contributed by atoms with Gasteiger partial charge in [0.05, 0.1) is 32.0 Å². The minimum atomic E-state index is -0.619. The fraction of sp³-hybridized carbons (Fsp3) is 0.227. The van der Waals surface area contributed by atoms with E-state index in [1.165, 1.54) is 35.4 Å². The highest BCUT2D eigenvalue weighted by Gasteiger charge is 2.27. The number of hydrogen-bond acceptors (Lipinski definition) is 9. The maximum absolute atomic E-state index is 12.5. The summed E-state index contributed by atoms with van der Waals surface area (Å²) in [4.78, 5) is 28.1. The highest BCUT2D eigenvalue weighted by molar-refractivity contribution is 14.1. The lowest BCUT2D eigenvalue weighted by molar-refractivity contribution is -0.132. The molecule has 32 heavy (non-hydrogen) atoms. The number of rotatable bonds is 7. The number of nitrogens with zero attached hydrogens (tertiary/aromatic N) is 1. The zero-order valence-corrected chi connectivity index (χ0v) is 20.1. The van der Waals surface area contributed by atoms with Gasteiger partial charge in [0.2, 0.25) is 11.6 Å². The third kappa shape index (κ3) is 4.79. The van der Waals surface area contributed by atoms with Crippen molar-refractivity contribution in [3.05, 3.63) is 44.7 Å². The zero-order valence-electron chi connectivity index (χ0n) is 18.0. The van der Waals surface area contributed by atoms with Crippen LogP contribution in [0.2, 0.25) is 0 Å². The fourth-order valence-electron chi connectivity index (χ4n) is 2.96. The Bertz CT molecular complexity index is 1110. The number of hydrogen-bond donors (Lipinski definition) is 0. The van der Waals surface area contributed by atoms with Crippen LogP contribution in [0.3, 0.4) is 0 Å². The maximum Gasteiger partial charge on any atom is 0.363 e. The summed E-state index contributed by atoms with van der Waals surface area (Å²) in [7, 11) is 5.93. The van der Waals surface area contributed by atoms with Crippen LogP contribution in [0.15, 0.2) is 35.0 Å². The number of esters is 2. The summed E-state index contributed by atoms with van der Waals surface area (Å²) >= 11 is 2.02. The first-order valence-corrected chi connectivity index (χ1v) is 10.3. The quantitative estimate of drug-likeness (QED) is 0.222. The van der Waals surface area contributed by atoms with Gasteiger partial charge in [-0.25, -0.2) is 9.79 Å². The average molecular weight is 553 g/mol. The predicted octanol–water partition coefficient (Wildman–Crippen LogP) is 3.60. The molecule has 0 unspecified atom stereocenters. The third-order valence-electron chi connectivity index (χ3n) is 4.33. The lowest BCUT2D eigenvalue weighted by Gasteiger charge is -2.13. The molecule has 0 saturated carbocycles. The molecular formula is C22H20INO8. The van der Waals surface area contributed by atoms with Gasteiger partial charge >= 0.3 is 11.9 Å². The second-order valence-corrected chi connectivity index (χ2v) is 7.54. The molecule has 0 aliphatic carbocycles. The lowest BCUT2D eigenvalue weighted by atomic mass is 10.1. The molecule has 10 heteroatoms. The molecule has 0 amide bonds. The first kappa shape index (κ1) is 23.4. The van der Waals surface area contributed by atoms with Gasteiger partial charge < -0.3 is 28.4 Å². The molecule has 0 spiro atoms. The van der Waals surface area contributed by atoms with E-state index in [1.807, 2.05) is 22.6 Å². The first-order chi connectivity index (χ1) is 15.3. The Hall–Kier alpha value is -3.28. The Labute approximate surface area is 198 Å². The number of cyclic esters (lactones) is 1. The summed E-state index contributed by atoms with van der Waals surface area (Å²) in [6.45, 7) is 1.30. The van der Waals surface area contributed by atoms with Crippen molar-refractivity contribution in [2.75, 3.05) is 28.4 Å². The molecule has 0 N–H and O–H groups in total. The molecule has 168 valence electrons. The molecular weight excluding hydrogens is 533 g/mol. The minimum absolute atomic E-state index is 0.0897. The highest BCUT2D eigenvalue weighted by Crippen LogP contribution is 2.39. The molecule has 3 rings (SSSR count). The smallest absolute Gasteiger partial charge is 0.363 e. The minimum Gasteiger partial charge on any atom is -0.493 e. The Morgan fingerprint density at radius 2 is 1.53 bits per heavy atom. The average Bonchev–Trinajstić information content (AvgIpc) is 3.14.